The molecule has 0 bridgehead atoms. The number of benzene rings is 3. The smallest absolute Gasteiger partial charge is 0.148 e. The van der Waals surface area contributed by atoms with Gasteiger partial charge >= 0.3 is 0 Å². The van der Waals surface area contributed by atoms with Gasteiger partial charge in [0.15, 0.2) is 0 Å². The van der Waals surface area contributed by atoms with Crippen LogP contribution in [0.5, 0.6) is 5.75 Å². The summed E-state index contributed by atoms with van der Waals surface area (Å²) < 4.78 is 7.81. The predicted molar refractivity (Wildman–Crippen MR) is 90.1 cm³/mol. The van der Waals surface area contributed by atoms with Crippen LogP contribution in [0.15, 0.2) is 69.6 Å². The van der Waals surface area contributed by atoms with Gasteiger partial charge in [-0.1, -0.05) is 42.5 Å². The van der Waals surface area contributed by atoms with Crippen molar-refractivity contribution in [2.24, 2.45) is 0 Å². The molecule has 3 rings (SSSR count). The fourth-order valence-electron chi connectivity index (χ4n) is 2.10. The van der Waals surface area contributed by atoms with E-state index in [1.807, 2.05) is 18.2 Å². The molecule has 100 valence electrons. The lowest BCUT2D eigenvalue weighted by molar-refractivity contribution is 0.302. The van der Waals surface area contributed by atoms with E-state index < -0.39 is 0 Å². The molecule has 1 nitrogen and oxygen atoms in total. The Bertz CT molecular complexity index is 733. The second-order valence-corrected chi connectivity index (χ2v) is 6.23. The quantitative estimate of drug-likeness (QED) is 0.536. The minimum Gasteiger partial charge on any atom is -0.487 e. The van der Waals surface area contributed by atoms with Crippen molar-refractivity contribution in [3.8, 4) is 5.75 Å². The van der Waals surface area contributed by atoms with Gasteiger partial charge in [0.05, 0.1) is 8.95 Å². The molecule has 0 saturated heterocycles. The van der Waals surface area contributed by atoms with Crippen LogP contribution in [0.25, 0.3) is 10.8 Å². The molecular formula is C17H12Br2O. The van der Waals surface area contributed by atoms with Crippen molar-refractivity contribution < 1.29 is 4.74 Å². The maximum Gasteiger partial charge on any atom is 0.148 e. The Labute approximate surface area is 134 Å². The maximum absolute atomic E-state index is 5.91. The topological polar surface area (TPSA) is 9.23 Å². The summed E-state index contributed by atoms with van der Waals surface area (Å²) in [6.07, 6.45) is 0. The van der Waals surface area contributed by atoms with E-state index in [2.05, 4.69) is 74.3 Å². The minimum atomic E-state index is 0.548. The number of hydrogen-bond donors (Lipinski definition) is 0. The molecule has 0 N–H and O–H groups in total. The maximum atomic E-state index is 5.91. The number of fused-ring (bicyclic) bond motifs is 1. The van der Waals surface area contributed by atoms with Crippen LogP contribution in [0.3, 0.4) is 0 Å². The van der Waals surface area contributed by atoms with E-state index in [9.17, 15) is 0 Å². The molecule has 0 heterocycles. The summed E-state index contributed by atoms with van der Waals surface area (Å²) in [5, 5.41) is 2.48. The number of para-hydroxylation sites is 1. The fraction of sp³-hybridized carbons (Fsp3) is 0.0588. The molecule has 0 saturated carbocycles. The van der Waals surface area contributed by atoms with Crippen LogP contribution < -0.4 is 4.74 Å². The Morgan fingerprint density at radius 1 is 0.750 bits per heavy atom. The Hall–Kier alpha value is -1.32. The lowest BCUT2D eigenvalue weighted by Crippen LogP contribution is -1.96. The summed E-state index contributed by atoms with van der Waals surface area (Å²) >= 11 is 7.01. The first-order valence-corrected chi connectivity index (χ1v) is 7.87. The molecule has 20 heavy (non-hydrogen) atoms. The van der Waals surface area contributed by atoms with Crippen molar-refractivity contribution in [3.05, 3.63) is 75.2 Å². The standard InChI is InChI=1S/C17H12Br2O/c18-15-6-3-7-16(19)17(15)20-11-12-8-9-13-4-1-2-5-14(13)10-12/h1-10H,11H2. The van der Waals surface area contributed by atoms with Gasteiger partial charge in [-0.25, -0.2) is 0 Å². The Balaban J connectivity index is 1.83. The van der Waals surface area contributed by atoms with E-state index in [1.54, 1.807) is 0 Å². The van der Waals surface area contributed by atoms with Crippen LogP contribution in [0, 0.1) is 0 Å². The van der Waals surface area contributed by atoms with Crippen LogP contribution in [0.1, 0.15) is 5.56 Å². The number of hydrogen-bond acceptors (Lipinski definition) is 1. The fourth-order valence-corrected chi connectivity index (χ4v) is 3.33. The Kier molecular flexibility index (Phi) is 4.08. The van der Waals surface area contributed by atoms with Crippen molar-refractivity contribution in [3.63, 3.8) is 0 Å². The molecule has 0 unspecified atom stereocenters. The van der Waals surface area contributed by atoms with Crippen molar-refractivity contribution in [1.29, 1.82) is 0 Å². The number of rotatable bonds is 3. The molecule has 0 aliphatic rings. The summed E-state index contributed by atoms with van der Waals surface area (Å²) in [5.41, 5.74) is 1.16. The van der Waals surface area contributed by atoms with Gasteiger partial charge in [-0.3, -0.25) is 0 Å². The first kappa shape index (κ1) is 13.7. The number of ether oxygens (including phenoxy) is 1. The van der Waals surface area contributed by atoms with Gasteiger partial charge in [-0.05, 0) is 66.4 Å². The molecule has 0 radical (unpaired) electrons. The third kappa shape index (κ3) is 2.89. The highest BCUT2D eigenvalue weighted by Gasteiger charge is 2.06. The highest BCUT2D eigenvalue weighted by atomic mass is 79.9. The van der Waals surface area contributed by atoms with Gasteiger partial charge in [0.25, 0.3) is 0 Å². The summed E-state index contributed by atoms with van der Waals surface area (Å²) in [6.45, 7) is 0.548. The van der Waals surface area contributed by atoms with Gasteiger partial charge < -0.3 is 4.74 Å². The van der Waals surface area contributed by atoms with Crippen LogP contribution in [-0.4, -0.2) is 0 Å². The molecule has 3 heteroatoms. The van der Waals surface area contributed by atoms with Crippen LogP contribution >= 0.6 is 31.9 Å². The molecule has 0 aliphatic carbocycles. The van der Waals surface area contributed by atoms with Gasteiger partial charge in [0.2, 0.25) is 0 Å². The van der Waals surface area contributed by atoms with E-state index in [4.69, 9.17) is 4.74 Å². The summed E-state index contributed by atoms with van der Waals surface area (Å²) in [5.74, 6) is 0.834. The molecule has 0 spiro atoms. The average molecular weight is 392 g/mol. The lowest BCUT2D eigenvalue weighted by Gasteiger charge is -2.10. The van der Waals surface area contributed by atoms with E-state index in [0.717, 1.165) is 20.3 Å². The van der Waals surface area contributed by atoms with Crippen LogP contribution in [0.2, 0.25) is 0 Å². The van der Waals surface area contributed by atoms with Crippen molar-refractivity contribution in [1.82, 2.24) is 0 Å². The zero-order valence-electron chi connectivity index (χ0n) is 10.6. The molecular weight excluding hydrogens is 380 g/mol. The third-order valence-electron chi connectivity index (χ3n) is 3.12. The molecule has 3 aromatic rings. The first-order valence-electron chi connectivity index (χ1n) is 6.28. The van der Waals surface area contributed by atoms with E-state index in [-0.39, 0.29) is 0 Å². The third-order valence-corrected chi connectivity index (χ3v) is 4.36. The molecule has 0 fully saturated rings. The van der Waals surface area contributed by atoms with E-state index in [1.165, 1.54) is 10.8 Å². The van der Waals surface area contributed by atoms with Gasteiger partial charge in [-0.15, -0.1) is 0 Å². The van der Waals surface area contributed by atoms with Gasteiger partial charge in [-0.2, -0.15) is 0 Å². The van der Waals surface area contributed by atoms with E-state index >= 15 is 0 Å². The van der Waals surface area contributed by atoms with Crippen LogP contribution in [0.4, 0.5) is 0 Å². The normalized spacial score (nSPS) is 10.7. The van der Waals surface area contributed by atoms with Gasteiger partial charge in [0.1, 0.15) is 12.4 Å². The molecule has 0 aliphatic heterocycles. The minimum absolute atomic E-state index is 0.548. The Morgan fingerprint density at radius 2 is 1.45 bits per heavy atom. The highest BCUT2D eigenvalue weighted by molar-refractivity contribution is 9.11. The zero-order valence-corrected chi connectivity index (χ0v) is 13.8. The molecule has 0 aromatic heterocycles. The van der Waals surface area contributed by atoms with Crippen molar-refractivity contribution in [2.45, 2.75) is 6.61 Å². The highest BCUT2D eigenvalue weighted by Crippen LogP contribution is 2.33. The summed E-state index contributed by atoms with van der Waals surface area (Å²) in [7, 11) is 0. The van der Waals surface area contributed by atoms with Crippen LogP contribution in [-0.2, 0) is 6.61 Å². The largest absolute Gasteiger partial charge is 0.487 e. The van der Waals surface area contributed by atoms with Gasteiger partial charge in [0, 0.05) is 0 Å². The predicted octanol–water partition coefficient (Wildman–Crippen LogP) is 5.94. The SMILES string of the molecule is Brc1cccc(Br)c1OCc1ccc2ccccc2c1. The van der Waals surface area contributed by atoms with E-state index in [0.29, 0.717) is 6.61 Å². The van der Waals surface area contributed by atoms with Crippen molar-refractivity contribution >= 4 is 42.6 Å². The van der Waals surface area contributed by atoms with Crippen molar-refractivity contribution in [2.75, 3.05) is 0 Å². The lowest BCUT2D eigenvalue weighted by atomic mass is 10.1. The average Bonchev–Trinajstić information content (AvgIpc) is 2.46. The molecule has 0 amide bonds. The zero-order chi connectivity index (χ0) is 13.9. The summed E-state index contributed by atoms with van der Waals surface area (Å²) in [6, 6.07) is 20.7. The monoisotopic (exact) mass is 390 g/mol. The number of halogens is 2. The first-order chi connectivity index (χ1) is 9.74. The molecule has 3 aromatic carbocycles. The Morgan fingerprint density at radius 3 is 2.20 bits per heavy atom. The second kappa shape index (κ2) is 5.98. The molecule has 0 atom stereocenters. The second-order valence-electron chi connectivity index (χ2n) is 4.52. The summed E-state index contributed by atoms with van der Waals surface area (Å²) in [4.78, 5) is 0.